The number of carbonyl (C=O) groups is 2. The second-order valence-corrected chi connectivity index (χ2v) is 8.44. The van der Waals surface area contributed by atoms with E-state index in [1.807, 2.05) is 34.7 Å². The fourth-order valence-electron chi connectivity index (χ4n) is 4.68. The van der Waals surface area contributed by atoms with Crippen molar-refractivity contribution >= 4 is 34.5 Å². The summed E-state index contributed by atoms with van der Waals surface area (Å²) in [6.45, 7) is 2.35. The van der Waals surface area contributed by atoms with Crippen LogP contribution in [0.2, 0.25) is 0 Å². The second kappa shape index (κ2) is 8.43. The molecule has 2 fully saturated rings. The van der Waals surface area contributed by atoms with Gasteiger partial charge in [-0.25, -0.2) is 4.98 Å². The van der Waals surface area contributed by atoms with Gasteiger partial charge in [-0.05, 0) is 49.8 Å². The number of nitrogens with two attached hydrogens (primary N) is 1. The lowest BCUT2D eigenvalue weighted by Gasteiger charge is -2.19. The molecule has 7 nitrogen and oxygen atoms in total. The van der Waals surface area contributed by atoms with E-state index in [1.165, 1.54) is 25.7 Å². The highest BCUT2D eigenvalue weighted by molar-refractivity contribution is 5.95. The number of fused-ring (bicyclic) bond motifs is 1. The first-order valence-electron chi connectivity index (χ1n) is 10.8. The van der Waals surface area contributed by atoms with Gasteiger partial charge in [-0.1, -0.05) is 12.8 Å². The molecule has 29 heavy (non-hydrogen) atoms. The van der Waals surface area contributed by atoms with Gasteiger partial charge in [-0.15, -0.1) is 0 Å². The third-order valence-corrected chi connectivity index (χ3v) is 6.44. The molecule has 0 unspecified atom stereocenters. The van der Waals surface area contributed by atoms with Gasteiger partial charge in [0.25, 0.3) is 0 Å². The molecule has 2 aromatic rings. The fraction of sp³-hybridized carbons (Fsp3) is 0.591. The Bertz CT molecular complexity index is 900. The summed E-state index contributed by atoms with van der Waals surface area (Å²) in [6.07, 6.45) is 7.94. The van der Waals surface area contributed by atoms with Crippen LogP contribution in [0.1, 0.15) is 51.4 Å². The van der Waals surface area contributed by atoms with E-state index in [9.17, 15) is 9.59 Å². The van der Waals surface area contributed by atoms with E-state index in [2.05, 4.69) is 4.98 Å². The van der Waals surface area contributed by atoms with E-state index in [0.29, 0.717) is 24.7 Å². The number of aryl methyl sites for hydroxylation is 1. The number of benzene rings is 1. The maximum Gasteiger partial charge on any atom is 0.226 e. The minimum Gasteiger partial charge on any atom is -0.369 e. The summed E-state index contributed by atoms with van der Waals surface area (Å²) in [4.78, 5) is 32.6. The molecule has 2 heterocycles. The Hall–Kier alpha value is -2.57. The number of aromatic nitrogens is 2. The lowest BCUT2D eigenvalue weighted by molar-refractivity contribution is -0.127. The molecule has 156 valence electrons. The van der Waals surface area contributed by atoms with Crippen LogP contribution in [0.15, 0.2) is 18.2 Å². The van der Waals surface area contributed by atoms with Gasteiger partial charge >= 0.3 is 0 Å². The van der Waals surface area contributed by atoms with Crippen LogP contribution in [-0.4, -0.2) is 46.4 Å². The first-order chi connectivity index (χ1) is 14.0. The third-order valence-electron chi connectivity index (χ3n) is 6.44. The molecule has 0 radical (unpaired) electrons. The van der Waals surface area contributed by atoms with Crippen LogP contribution in [0.3, 0.4) is 0 Å². The van der Waals surface area contributed by atoms with Crippen LogP contribution in [0.5, 0.6) is 0 Å². The first kappa shape index (κ1) is 19.7. The summed E-state index contributed by atoms with van der Waals surface area (Å²) in [5.41, 5.74) is 8.79. The maximum atomic E-state index is 12.6. The smallest absolute Gasteiger partial charge is 0.226 e. The monoisotopic (exact) mass is 397 g/mol. The SMILES string of the molecule is CN(C(=O)CC1CCCC1)c1ccc2c(c1)nc(N)n2CCCN1CCCC1=O. The van der Waals surface area contributed by atoms with Crippen LogP contribution < -0.4 is 10.6 Å². The number of nitrogen functional groups attached to an aromatic ring is 1. The van der Waals surface area contributed by atoms with Gasteiger partial charge in [0.15, 0.2) is 0 Å². The Morgan fingerprint density at radius 2 is 2.03 bits per heavy atom. The van der Waals surface area contributed by atoms with E-state index >= 15 is 0 Å². The Labute approximate surface area is 171 Å². The standard InChI is InChI=1S/C22H31N5O2/c1-25(21(29)14-16-6-2-3-7-16)17-9-10-19-18(15-17)24-22(23)27(19)13-5-12-26-11-4-8-20(26)28/h9-10,15-16H,2-8,11-14H2,1H3,(H2,23,24). The van der Waals surface area contributed by atoms with Crippen LogP contribution in [-0.2, 0) is 16.1 Å². The van der Waals surface area contributed by atoms with Crippen LogP contribution >= 0.6 is 0 Å². The quantitative estimate of drug-likeness (QED) is 0.778. The van der Waals surface area contributed by atoms with Gasteiger partial charge in [-0.3, -0.25) is 9.59 Å². The number of amides is 2. The maximum absolute atomic E-state index is 12.6. The highest BCUT2D eigenvalue weighted by Gasteiger charge is 2.22. The number of hydrogen-bond donors (Lipinski definition) is 1. The zero-order chi connectivity index (χ0) is 20.4. The van der Waals surface area contributed by atoms with Gasteiger partial charge in [0.2, 0.25) is 17.8 Å². The lowest BCUT2D eigenvalue weighted by Crippen LogP contribution is -2.27. The summed E-state index contributed by atoms with van der Waals surface area (Å²) in [5, 5.41) is 0. The number of hydrogen-bond acceptors (Lipinski definition) is 4. The van der Waals surface area contributed by atoms with Crippen molar-refractivity contribution in [3.63, 3.8) is 0 Å². The highest BCUT2D eigenvalue weighted by Crippen LogP contribution is 2.29. The van der Waals surface area contributed by atoms with Crippen molar-refractivity contribution in [2.75, 3.05) is 30.8 Å². The van der Waals surface area contributed by atoms with Gasteiger partial charge in [-0.2, -0.15) is 0 Å². The van der Waals surface area contributed by atoms with Gasteiger partial charge in [0, 0.05) is 45.2 Å². The summed E-state index contributed by atoms with van der Waals surface area (Å²) < 4.78 is 2.00. The van der Waals surface area contributed by atoms with E-state index in [-0.39, 0.29) is 11.8 Å². The number of likely N-dealkylation sites (tertiary alicyclic amines) is 1. The molecule has 7 heteroatoms. The van der Waals surface area contributed by atoms with Crippen molar-refractivity contribution in [1.29, 1.82) is 0 Å². The molecule has 4 rings (SSSR count). The molecule has 1 aromatic carbocycles. The van der Waals surface area contributed by atoms with E-state index < -0.39 is 0 Å². The van der Waals surface area contributed by atoms with E-state index in [0.717, 1.165) is 49.2 Å². The predicted molar refractivity (Wildman–Crippen MR) is 115 cm³/mol. The average molecular weight is 398 g/mol. The number of imidazole rings is 1. The predicted octanol–water partition coefficient (Wildman–Crippen LogP) is 3.17. The Morgan fingerprint density at radius 3 is 2.76 bits per heavy atom. The molecule has 1 aliphatic heterocycles. The summed E-state index contributed by atoms with van der Waals surface area (Å²) in [7, 11) is 1.84. The van der Waals surface area contributed by atoms with E-state index in [1.54, 1.807) is 4.90 Å². The lowest BCUT2D eigenvalue weighted by atomic mass is 10.0. The number of anilines is 2. The molecule has 1 aromatic heterocycles. The van der Waals surface area contributed by atoms with Gasteiger partial charge in [0.05, 0.1) is 11.0 Å². The van der Waals surface area contributed by atoms with Crippen molar-refractivity contribution < 1.29 is 9.59 Å². The van der Waals surface area contributed by atoms with Crippen molar-refractivity contribution in [1.82, 2.24) is 14.5 Å². The first-order valence-corrected chi connectivity index (χ1v) is 10.8. The van der Waals surface area contributed by atoms with Crippen LogP contribution in [0, 0.1) is 5.92 Å². The average Bonchev–Trinajstić information content (AvgIpc) is 3.42. The van der Waals surface area contributed by atoms with Crippen molar-refractivity contribution in [3.8, 4) is 0 Å². The fourth-order valence-corrected chi connectivity index (χ4v) is 4.68. The molecule has 0 spiro atoms. The van der Waals surface area contributed by atoms with Crippen molar-refractivity contribution in [2.24, 2.45) is 5.92 Å². The number of nitrogens with zero attached hydrogens (tertiary/aromatic N) is 4. The Kier molecular flexibility index (Phi) is 5.74. The van der Waals surface area contributed by atoms with Gasteiger partial charge < -0.3 is 20.1 Å². The van der Waals surface area contributed by atoms with Crippen LogP contribution in [0.4, 0.5) is 11.6 Å². The minimum atomic E-state index is 0.166. The Morgan fingerprint density at radius 1 is 1.24 bits per heavy atom. The van der Waals surface area contributed by atoms with Crippen molar-refractivity contribution in [3.05, 3.63) is 18.2 Å². The molecule has 1 saturated carbocycles. The summed E-state index contributed by atoms with van der Waals surface area (Å²) >= 11 is 0. The molecular formula is C22H31N5O2. The minimum absolute atomic E-state index is 0.166. The molecule has 0 bridgehead atoms. The largest absolute Gasteiger partial charge is 0.369 e. The zero-order valence-corrected chi connectivity index (χ0v) is 17.3. The molecule has 2 amide bonds. The second-order valence-electron chi connectivity index (χ2n) is 8.44. The molecule has 1 saturated heterocycles. The third kappa shape index (κ3) is 4.23. The van der Waals surface area contributed by atoms with E-state index in [4.69, 9.17) is 5.73 Å². The topological polar surface area (TPSA) is 84.5 Å². The molecular weight excluding hydrogens is 366 g/mol. The number of carbonyl (C=O) groups excluding carboxylic acids is 2. The summed E-state index contributed by atoms with van der Waals surface area (Å²) in [5.74, 6) is 1.43. The number of rotatable bonds is 7. The van der Waals surface area contributed by atoms with Crippen molar-refractivity contribution in [2.45, 2.75) is 57.9 Å². The molecule has 2 aliphatic rings. The Balaban J connectivity index is 1.42. The summed E-state index contributed by atoms with van der Waals surface area (Å²) in [6, 6.07) is 5.91. The molecule has 1 aliphatic carbocycles. The highest BCUT2D eigenvalue weighted by atomic mass is 16.2. The zero-order valence-electron chi connectivity index (χ0n) is 17.3. The molecule has 0 atom stereocenters. The van der Waals surface area contributed by atoms with Gasteiger partial charge in [0.1, 0.15) is 0 Å². The van der Waals surface area contributed by atoms with Crippen LogP contribution in [0.25, 0.3) is 11.0 Å². The molecule has 2 N–H and O–H groups in total. The normalized spacial score (nSPS) is 17.6.